The maximum Gasteiger partial charge on any atom is 0.237 e. The zero-order valence-corrected chi connectivity index (χ0v) is 14.3. The molecular weight excluding hydrogens is 314 g/mol. The van der Waals surface area contributed by atoms with E-state index in [9.17, 15) is 9.59 Å². The SMILES string of the molecule is O=C1[C@H]2CCc3[nH]c4ccccc4c3[C@@H]2C(=O)N1CCN1CCCC1. The van der Waals surface area contributed by atoms with Crippen molar-refractivity contribution in [1.82, 2.24) is 14.8 Å². The number of hydrogen-bond acceptors (Lipinski definition) is 3. The van der Waals surface area contributed by atoms with E-state index in [4.69, 9.17) is 0 Å². The smallest absolute Gasteiger partial charge is 0.237 e. The number of aromatic amines is 1. The lowest BCUT2D eigenvalue weighted by Gasteiger charge is -2.21. The monoisotopic (exact) mass is 337 g/mol. The van der Waals surface area contributed by atoms with E-state index in [1.807, 2.05) is 12.1 Å². The number of nitrogens with one attached hydrogen (secondary N) is 1. The van der Waals surface area contributed by atoms with Crippen LogP contribution in [-0.2, 0) is 16.0 Å². The van der Waals surface area contributed by atoms with Gasteiger partial charge in [0.15, 0.2) is 0 Å². The summed E-state index contributed by atoms with van der Waals surface area (Å²) >= 11 is 0. The van der Waals surface area contributed by atoms with Crippen molar-refractivity contribution < 1.29 is 9.59 Å². The highest BCUT2D eigenvalue weighted by Gasteiger charge is 2.51. The highest BCUT2D eigenvalue weighted by atomic mass is 16.2. The van der Waals surface area contributed by atoms with Gasteiger partial charge in [-0.3, -0.25) is 14.5 Å². The molecule has 2 amide bonds. The molecule has 5 nitrogen and oxygen atoms in total. The average molecular weight is 337 g/mol. The topological polar surface area (TPSA) is 56.4 Å². The minimum absolute atomic E-state index is 0.0138. The highest BCUT2D eigenvalue weighted by Crippen LogP contribution is 2.45. The molecule has 1 aromatic carbocycles. The van der Waals surface area contributed by atoms with Gasteiger partial charge >= 0.3 is 0 Å². The van der Waals surface area contributed by atoms with E-state index in [2.05, 4.69) is 22.0 Å². The van der Waals surface area contributed by atoms with Gasteiger partial charge in [0.05, 0.1) is 11.8 Å². The fourth-order valence-electron chi connectivity index (χ4n) is 4.95. The van der Waals surface area contributed by atoms with Crippen LogP contribution in [0.25, 0.3) is 10.9 Å². The fraction of sp³-hybridized carbons (Fsp3) is 0.500. The predicted molar refractivity (Wildman–Crippen MR) is 95.2 cm³/mol. The molecule has 0 spiro atoms. The lowest BCUT2D eigenvalue weighted by atomic mass is 9.78. The first-order valence-electron chi connectivity index (χ1n) is 9.41. The van der Waals surface area contributed by atoms with Crippen molar-refractivity contribution in [3.63, 3.8) is 0 Å². The molecule has 3 aliphatic rings. The second kappa shape index (κ2) is 5.70. The number of likely N-dealkylation sites (tertiary alicyclic amines) is 2. The van der Waals surface area contributed by atoms with Crippen molar-refractivity contribution in [3.05, 3.63) is 35.5 Å². The fourth-order valence-corrected chi connectivity index (χ4v) is 4.95. The van der Waals surface area contributed by atoms with Crippen LogP contribution in [0.3, 0.4) is 0 Å². The zero-order chi connectivity index (χ0) is 17.0. The van der Waals surface area contributed by atoms with Crippen LogP contribution in [0.4, 0.5) is 0 Å². The molecular formula is C20H23N3O2. The van der Waals surface area contributed by atoms with Crippen molar-refractivity contribution in [1.29, 1.82) is 0 Å². The van der Waals surface area contributed by atoms with Gasteiger partial charge in [0.1, 0.15) is 0 Å². The Morgan fingerprint density at radius 3 is 2.68 bits per heavy atom. The predicted octanol–water partition coefficient (Wildman–Crippen LogP) is 2.28. The summed E-state index contributed by atoms with van der Waals surface area (Å²) in [6, 6.07) is 8.13. The molecule has 5 heteroatoms. The summed E-state index contributed by atoms with van der Waals surface area (Å²) in [5.41, 5.74) is 3.29. The second-order valence-electron chi connectivity index (χ2n) is 7.56. The maximum atomic E-state index is 13.1. The third kappa shape index (κ3) is 2.25. The van der Waals surface area contributed by atoms with Gasteiger partial charge < -0.3 is 9.88 Å². The van der Waals surface area contributed by atoms with Gasteiger partial charge in [0, 0.05) is 29.7 Å². The Kier molecular flexibility index (Phi) is 3.45. The third-order valence-corrected chi connectivity index (χ3v) is 6.20. The Balaban J connectivity index is 1.47. The summed E-state index contributed by atoms with van der Waals surface area (Å²) in [6.07, 6.45) is 4.08. The van der Waals surface area contributed by atoms with Crippen LogP contribution in [0.1, 0.15) is 36.4 Å². The molecule has 2 atom stereocenters. The Morgan fingerprint density at radius 1 is 1.04 bits per heavy atom. The number of carbonyl (C=O) groups is 2. The number of H-pyrrole nitrogens is 1. The van der Waals surface area contributed by atoms with Crippen LogP contribution in [0.5, 0.6) is 0 Å². The first-order valence-corrected chi connectivity index (χ1v) is 9.41. The molecule has 2 aromatic rings. The van der Waals surface area contributed by atoms with Crippen LogP contribution >= 0.6 is 0 Å². The molecule has 0 saturated carbocycles. The number of para-hydroxylation sites is 1. The van der Waals surface area contributed by atoms with Crippen LogP contribution in [0.15, 0.2) is 24.3 Å². The molecule has 0 bridgehead atoms. The summed E-state index contributed by atoms with van der Waals surface area (Å²) in [5, 5.41) is 1.11. The molecule has 3 heterocycles. The molecule has 0 unspecified atom stereocenters. The quantitative estimate of drug-likeness (QED) is 0.874. The Bertz CT molecular complexity index is 850. The van der Waals surface area contributed by atoms with E-state index in [-0.39, 0.29) is 23.7 Å². The molecule has 5 rings (SSSR count). The van der Waals surface area contributed by atoms with Crippen molar-refractivity contribution in [2.24, 2.45) is 5.92 Å². The third-order valence-electron chi connectivity index (χ3n) is 6.20. The zero-order valence-electron chi connectivity index (χ0n) is 14.3. The van der Waals surface area contributed by atoms with Crippen molar-refractivity contribution >= 4 is 22.7 Å². The first kappa shape index (κ1) is 15.1. The van der Waals surface area contributed by atoms with E-state index < -0.39 is 0 Å². The van der Waals surface area contributed by atoms with Gasteiger partial charge in [-0.2, -0.15) is 0 Å². The number of hydrogen-bond donors (Lipinski definition) is 1. The van der Waals surface area contributed by atoms with Gasteiger partial charge in [0.2, 0.25) is 11.8 Å². The summed E-state index contributed by atoms with van der Waals surface area (Å²) < 4.78 is 0. The largest absolute Gasteiger partial charge is 0.358 e. The van der Waals surface area contributed by atoms with Crippen LogP contribution in [0, 0.1) is 5.92 Å². The van der Waals surface area contributed by atoms with Crippen molar-refractivity contribution in [2.45, 2.75) is 31.6 Å². The molecule has 0 radical (unpaired) electrons. The molecule has 1 N–H and O–H groups in total. The minimum atomic E-state index is -0.286. The van der Waals surface area contributed by atoms with Gasteiger partial charge in [0.25, 0.3) is 0 Å². The Hall–Kier alpha value is -2.14. The standard InChI is InChI=1S/C20H23N3O2/c24-19-14-7-8-16-17(13-5-1-2-6-15(13)21-16)18(14)20(25)23(19)12-11-22-9-3-4-10-22/h1-2,5-6,14,18,21H,3-4,7-12H2/t14-,18+/m0/s1. The number of aromatic nitrogens is 1. The second-order valence-corrected chi connectivity index (χ2v) is 7.56. The van der Waals surface area contributed by atoms with Gasteiger partial charge in [-0.1, -0.05) is 18.2 Å². The van der Waals surface area contributed by atoms with Crippen molar-refractivity contribution in [3.8, 4) is 0 Å². The van der Waals surface area contributed by atoms with E-state index >= 15 is 0 Å². The van der Waals surface area contributed by atoms with Gasteiger partial charge in [-0.05, 0) is 50.4 Å². The number of amides is 2. The van der Waals surface area contributed by atoms with Crippen LogP contribution in [-0.4, -0.2) is 52.8 Å². The van der Waals surface area contributed by atoms with Crippen LogP contribution < -0.4 is 0 Å². The molecule has 2 aliphatic heterocycles. The van der Waals surface area contributed by atoms with E-state index in [1.54, 1.807) is 4.90 Å². The molecule has 2 saturated heterocycles. The normalized spacial score (nSPS) is 26.5. The molecule has 1 aromatic heterocycles. The lowest BCUT2D eigenvalue weighted by Crippen LogP contribution is -2.38. The first-order chi connectivity index (χ1) is 12.2. The molecule has 25 heavy (non-hydrogen) atoms. The summed E-state index contributed by atoms with van der Waals surface area (Å²) in [6.45, 7) is 3.55. The van der Waals surface area contributed by atoms with Gasteiger partial charge in [-0.15, -0.1) is 0 Å². The lowest BCUT2D eigenvalue weighted by molar-refractivity contribution is -0.139. The van der Waals surface area contributed by atoms with E-state index in [0.29, 0.717) is 6.54 Å². The maximum absolute atomic E-state index is 13.1. The summed E-state index contributed by atoms with van der Waals surface area (Å²) in [4.78, 5) is 33.4. The van der Waals surface area contributed by atoms with Gasteiger partial charge in [-0.25, -0.2) is 0 Å². The number of rotatable bonds is 3. The van der Waals surface area contributed by atoms with E-state index in [0.717, 1.165) is 54.6 Å². The van der Waals surface area contributed by atoms with Crippen LogP contribution in [0.2, 0.25) is 0 Å². The number of benzene rings is 1. The minimum Gasteiger partial charge on any atom is -0.358 e. The number of fused-ring (bicyclic) bond motifs is 5. The number of imide groups is 1. The summed E-state index contributed by atoms with van der Waals surface area (Å²) in [5.74, 6) is -0.395. The summed E-state index contributed by atoms with van der Waals surface area (Å²) in [7, 11) is 0. The highest BCUT2D eigenvalue weighted by molar-refractivity contribution is 6.10. The number of carbonyl (C=O) groups excluding carboxylic acids is 2. The average Bonchev–Trinajstić information content (AvgIpc) is 3.32. The number of aryl methyl sites for hydroxylation is 1. The number of nitrogens with zero attached hydrogens (tertiary/aromatic N) is 2. The Morgan fingerprint density at radius 2 is 1.84 bits per heavy atom. The van der Waals surface area contributed by atoms with E-state index in [1.165, 1.54) is 12.8 Å². The molecule has 2 fully saturated rings. The Labute approximate surface area is 147 Å². The molecule has 130 valence electrons. The van der Waals surface area contributed by atoms with Crippen molar-refractivity contribution in [2.75, 3.05) is 26.2 Å². The molecule has 1 aliphatic carbocycles.